The summed E-state index contributed by atoms with van der Waals surface area (Å²) in [6.07, 6.45) is -8.29. The van der Waals surface area contributed by atoms with Crippen LogP contribution < -0.4 is 4.90 Å². The summed E-state index contributed by atoms with van der Waals surface area (Å²) >= 11 is 0. The number of hydrogen-bond donors (Lipinski definition) is 0. The van der Waals surface area contributed by atoms with Crippen molar-refractivity contribution in [2.75, 3.05) is 31.1 Å². The first-order chi connectivity index (χ1) is 13.1. The molecule has 0 unspecified atom stereocenters. The van der Waals surface area contributed by atoms with E-state index in [1.54, 1.807) is 0 Å². The van der Waals surface area contributed by atoms with Gasteiger partial charge in [0, 0.05) is 32.4 Å². The van der Waals surface area contributed by atoms with Crippen molar-refractivity contribution >= 4 is 11.9 Å². The Balaban J connectivity index is 1.72. The highest BCUT2D eigenvalue weighted by molar-refractivity contribution is 5.96. The van der Waals surface area contributed by atoms with E-state index in [0.717, 1.165) is 24.4 Å². The van der Waals surface area contributed by atoms with E-state index in [1.165, 1.54) is 21.9 Å². The topological polar surface area (TPSA) is 49.3 Å². The van der Waals surface area contributed by atoms with Gasteiger partial charge < -0.3 is 9.80 Å². The number of benzene rings is 1. The van der Waals surface area contributed by atoms with E-state index in [9.17, 15) is 31.1 Å². The number of anilines is 1. The molecule has 1 aliphatic rings. The lowest BCUT2D eigenvalue weighted by Crippen LogP contribution is -2.49. The van der Waals surface area contributed by atoms with Gasteiger partial charge in [-0.1, -0.05) is 12.1 Å². The monoisotopic (exact) mass is 404 g/mol. The third kappa shape index (κ3) is 4.18. The Morgan fingerprint density at radius 2 is 1.54 bits per heavy atom. The molecular formula is C17H14F6N4O. The quantitative estimate of drug-likeness (QED) is 0.720. The minimum absolute atomic E-state index is 0.0324. The summed E-state index contributed by atoms with van der Waals surface area (Å²) in [5.41, 5.74) is -2.57. The third-order valence-electron chi connectivity index (χ3n) is 4.25. The van der Waals surface area contributed by atoms with Crippen molar-refractivity contribution in [3.05, 3.63) is 53.3 Å². The number of piperazine rings is 1. The molecule has 2 heterocycles. The minimum atomic E-state index is -4.67. The van der Waals surface area contributed by atoms with Crippen molar-refractivity contribution in [1.82, 2.24) is 14.9 Å². The van der Waals surface area contributed by atoms with Gasteiger partial charge in [-0.3, -0.25) is 4.79 Å². The van der Waals surface area contributed by atoms with Crippen molar-refractivity contribution in [2.24, 2.45) is 0 Å². The van der Waals surface area contributed by atoms with Crippen LogP contribution in [0.5, 0.6) is 0 Å². The first-order valence-electron chi connectivity index (χ1n) is 8.18. The summed E-state index contributed by atoms with van der Waals surface area (Å²) in [5, 5.41) is 0. The van der Waals surface area contributed by atoms with Crippen LogP contribution in [-0.4, -0.2) is 47.0 Å². The molecule has 0 aliphatic carbocycles. The van der Waals surface area contributed by atoms with Gasteiger partial charge in [0.2, 0.25) is 5.95 Å². The molecule has 0 bridgehead atoms. The molecule has 1 fully saturated rings. The molecule has 1 saturated heterocycles. The maximum absolute atomic E-state index is 13.1. The van der Waals surface area contributed by atoms with Crippen LogP contribution in [-0.2, 0) is 12.4 Å². The minimum Gasteiger partial charge on any atom is -0.337 e. The average molecular weight is 404 g/mol. The number of carbonyl (C=O) groups excluding carboxylic acids is 1. The fourth-order valence-electron chi connectivity index (χ4n) is 2.86. The molecule has 3 rings (SSSR count). The number of hydrogen-bond acceptors (Lipinski definition) is 4. The van der Waals surface area contributed by atoms with Gasteiger partial charge >= 0.3 is 12.4 Å². The van der Waals surface area contributed by atoms with E-state index < -0.39 is 35.1 Å². The highest BCUT2D eigenvalue weighted by Gasteiger charge is 2.37. The molecule has 28 heavy (non-hydrogen) atoms. The van der Waals surface area contributed by atoms with Gasteiger partial charge in [0.1, 0.15) is 5.69 Å². The summed E-state index contributed by atoms with van der Waals surface area (Å²) in [6.45, 7) is 0.262. The zero-order valence-corrected chi connectivity index (χ0v) is 14.3. The third-order valence-corrected chi connectivity index (χ3v) is 4.25. The summed E-state index contributed by atoms with van der Waals surface area (Å²) in [4.78, 5) is 22.5. The lowest BCUT2D eigenvalue weighted by Gasteiger charge is -2.35. The van der Waals surface area contributed by atoms with Gasteiger partial charge in [-0.15, -0.1) is 0 Å². The molecule has 1 amide bonds. The van der Waals surface area contributed by atoms with Crippen LogP contribution >= 0.6 is 0 Å². The molecule has 0 N–H and O–H groups in total. The fraction of sp³-hybridized carbons (Fsp3) is 0.353. The summed E-state index contributed by atoms with van der Waals surface area (Å²) in [7, 11) is 0. The van der Waals surface area contributed by atoms with Gasteiger partial charge in [0.15, 0.2) is 0 Å². The zero-order valence-electron chi connectivity index (χ0n) is 14.3. The molecule has 5 nitrogen and oxygen atoms in total. The van der Waals surface area contributed by atoms with Crippen molar-refractivity contribution in [3.63, 3.8) is 0 Å². The van der Waals surface area contributed by atoms with Crippen LogP contribution in [0.4, 0.5) is 32.3 Å². The van der Waals surface area contributed by atoms with Crippen LogP contribution in [0.15, 0.2) is 36.5 Å². The number of nitrogens with zero attached hydrogens (tertiary/aromatic N) is 4. The van der Waals surface area contributed by atoms with Crippen molar-refractivity contribution in [3.8, 4) is 0 Å². The molecule has 2 aromatic rings. The summed E-state index contributed by atoms with van der Waals surface area (Å²) in [6, 6.07) is 5.22. The Labute approximate surface area is 155 Å². The van der Waals surface area contributed by atoms with Gasteiger partial charge in [-0.2, -0.15) is 26.3 Å². The van der Waals surface area contributed by atoms with E-state index >= 15 is 0 Å². The molecular weight excluding hydrogens is 390 g/mol. The molecule has 0 saturated carbocycles. The first-order valence-corrected chi connectivity index (χ1v) is 8.18. The Kier molecular flexibility index (Phi) is 5.18. The van der Waals surface area contributed by atoms with Crippen molar-refractivity contribution < 1.29 is 31.1 Å². The number of amides is 1. The normalized spacial score (nSPS) is 15.6. The number of alkyl halides is 6. The largest absolute Gasteiger partial charge is 0.433 e. The van der Waals surface area contributed by atoms with Crippen LogP contribution in [0, 0.1) is 0 Å². The molecule has 0 atom stereocenters. The average Bonchev–Trinajstić information content (AvgIpc) is 2.66. The molecule has 1 aromatic heterocycles. The Morgan fingerprint density at radius 3 is 2.14 bits per heavy atom. The van der Waals surface area contributed by atoms with Crippen LogP contribution in [0.3, 0.4) is 0 Å². The van der Waals surface area contributed by atoms with Crippen molar-refractivity contribution in [1.29, 1.82) is 0 Å². The summed E-state index contributed by atoms with van der Waals surface area (Å²) < 4.78 is 77.6. The summed E-state index contributed by atoms with van der Waals surface area (Å²) in [5.74, 6) is -0.921. The highest BCUT2D eigenvalue weighted by atomic mass is 19.4. The Hall–Kier alpha value is -2.85. The molecule has 150 valence electrons. The maximum atomic E-state index is 13.1. The maximum Gasteiger partial charge on any atom is 0.433 e. The van der Waals surface area contributed by atoms with E-state index in [0.29, 0.717) is 0 Å². The number of halogens is 6. The van der Waals surface area contributed by atoms with Gasteiger partial charge in [-0.25, -0.2) is 9.97 Å². The second-order valence-electron chi connectivity index (χ2n) is 6.06. The number of aromatic nitrogens is 2. The lowest BCUT2D eigenvalue weighted by molar-refractivity contribution is -0.141. The Morgan fingerprint density at radius 1 is 0.893 bits per heavy atom. The second-order valence-corrected chi connectivity index (χ2v) is 6.06. The first kappa shape index (κ1) is 19.9. The number of rotatable bonds is 2. The molecule has 1 aromatic carbocycles. The SMILES string of the molecule is O=C(c1ccccc1C(F)(F)F)N1CCN(c2nccc(C(F)(F)F)n2)CC1. The highest BCUT2D eigenvalue weighted by Crippen LogP contribution is 2.32. The fourth-order valence-corrected chi connectivity index (χ4v) is 2.86. The van der Waals surface area contributed by atoms with Gasteiger partial charge in [-0.05, 0) is 18.2 Å². The van der Waals surface area contributed by atoms with Crippen molar-refractivity contribution in [2.45, 2.75) is 12.4 Å². The smallest absolute Gasteiger partial charge is 0.337 e. The predicted molar refractivity (Wildman–Crippen MR) is 86.6 cm³/mol. The lowest BCUT2D eigenvalue weighted by atomic mass is 10.1. The van der Waals surface area contributed by atoms with Crippen LogP contribution in [0.25, 0.3) is 0 Å². The molecule has 0 radical (unpaired) electrons. The van der Waals surface area contributed by atoms with E-state index in [4.69, 9.17) is 0 Å². The van der Waals surface area contributed by atoms with Gasteiger partial charge in [0.05, 0.1) is 11.1 Å². The zero-order chi connectivity index (χ0) is 20.5. The van der Waals surface area contributed by atoms with Crippen LogP contribution in [0.2, 0.25) is 0 Å². The van der Waals surface area contributed by atoms with E-state index in [2.05, 4.69) is 9.97 Å². The Bertz CT molecular complexity index is 859. The molecule has 11 heteroatoms. The van der Waals surface area contributed by atoms with Gasteiger partial charge in [0.25, 0.3) is 5.91 Å². The van der Waals surface area contributed by atoms with Crippen LogP contribution in [0.1, 0.15) is 21.6 Å². The van der Waals surface area contributed by atoms with E-state index in [-0.39, 0.29) is 32.1 Å². The standard InChI is InChI=1S/C17H14F6N4O/c18-16(19,20)12-4-2-1-3-11(12)14(28)26-7-9-27(10-8-26)15-24-6-5-13(25-15)17(21,22)23/h1-6H,7-10H2. The molecule has 1 aliphatic heterocycles. The molecule has 0 spiro atoms. The van der Waals surface area contributed by atoms with E-state index in [1.807, 2.05) is 0 Å². The predicted octanol–water partition coefficient (Wildman–Crippen LogP) is 3.48. The second kappa shape index (κ2) is 7.28. The number of carbonyl (C=O) groups is 1.